The SMILES string of the molecule is CC(=O)C1C(=O)CC(C)OC1(O)c1ccccc1CO. The van der Waals surface area contributed by atoms with Crippen molar-refractivity contribution < 1.29 is 24.5 Å². The molecule has 1 aromatic rings. The first-order valence-corrected chi connectivity index (χ1v) is 6.52. The number of ketones is 2. The molecule has 1 aliphatic rings. The van der Waals surface area contributed by atoms with Crippen molar-refractivity contribution in [3.8, 4) is 0 Å². The molecule has 108 valence electrons. The van der Waals surface area contributed by atoms with Crippen molar-refractivity contribution in [1.29, 1.82) is 0 Å². The van der Waals surface area contributed by atoms with Crippen LogP contribution in [-0.4, -0.2) is 27.9 Å². The van der Waals surface area contributed by atoms with Gasteiger partial charge in [0.1, 0.15) is 11.7 Å². The van der Waals surface area contributed by atoms with Gasteiger partial charge >= 0.3 is 0 Å². The maximum atomic E-state index is 12.1. The Hall–Kier alpha value is -1.56. The van der Waals surface area contributed by atoms with Crippen molar-refractivity contribution in [1.82, 2.24) is 0 Å². The fourth-order valence-electron chi connectivity index (χ4n) is 2.76. The summed E-state index contributed by atoms with van der Waals surface area (Å²) in [5.41, 5.74) is 0.700. The van der Waals surface area contributed by atoms with E-state index in [9.17, 15) is 19.8 Å². The maximum absolute atomic E-state index is 12.1. The molecule has 1 heterocycles. The van der Waals surface area contributed by atoms with E-state index < -0.39 is 23.6 Å². The van der Waals surface area contributed by atoms with Crippen molar-refractivity contribution in [2.24, 2.45) is 5.92 Å². The summed E-state index contributed by atoms with van der Waals surface area (Å²) >= 11 is 0. The lowest BCUT2D eigenvalue weighted by atomic mass is 9.79. The summed E-state index contributed by atoms with van der Waals surface area (Å²) in [5.74, 6) is -4.06. The van der Waals surface area contributed by atoms with Gasteiger partial charge < -0.3 is 14.9 Å². The number of carbonyl (C=O) groups excluding carboxylic acids is 2. The lowest BCUT2D eigenvalue weighted by molar-refractivity contribution is -0.271. The third-order valence-electron chi connectivity index (χ3n) is 3.56. The van der Waals surface area contributed by atoms with Crippen LogP contribution in [0, 0.1) is 5.92 Å². The molecule has 3 unspecified atom stereocenters. The van der Waals surface area contributed by atoms with Gasteiger partial charge in [-0.1, -0.05) is 24.3 Å². The van der Waals surface area contributed by atoms with Gasteiger partial charge in [-0.05, 0) is 19.4 Å². The molecular weight excluding hydrogens is 260 g/mol. The Balaban J connectivity index is 2.58. The zero-order valence-corrected chi connectivity index (χ0v) is 11.5. The Morgan fingerprint density at radius 2 is 2.10 bits per heavy atom. The number of aliphatic hydroxyl groups is 2. The molecule has 1 saturated heterocycles. The molecule has 1 fully saturated rings. The van der Waals surface area contributed by atoms with Crippen molar-refractivity contribution in [3.63, 3.8) is 0 Å². The molecule has 2 rings (SSSR count). The third-order valence-corrected chi connectivity index (χ3v) is 3.56. The van der Waals surface area contributed by atoms with Crippen LogP contribution in [0.15, 0.2) is 24.3 Å². The number of Topliss-reactive ketones (excluding diaryl/α,β-unsaturated/α-hetero) is 2. The van der Waals surface area contributed by atoms with E-state index >= 15 is 0 Å². The molecule has 0 spiro atoms. The lowest BCUT2D eigenvalue weighted by Crippen LogP contribution is -2.52. The zero-order chi connectivity index (χ0) is 14.9. The largest absolute Gasteiger partial charge is 0.392 e. The lowest BCUT2D eigenvalue weighted by Gasteiger charge is -2.41. The second-order valence-corrected chi connectivity index (χ2v) is 5.15. The van der Waals surface area contributed by atoms with Crippen LogP contribution in [0.2, 0.25) is 0 Å². The van der Waals surface area contributed by atoms with Gasteiger partial charge in [-0.15, -0.1) is 0 Å². The molecule has 1 aliphatic heterocycles. The number of rotatable bonds is 3. The predicted octanol–water partition coefficient (Wildman–Crippen LogP) is 0.907. The quantitative estimate of drug-likeness (QED) is 0.803. The molecule has 0 amide bonds. The number of ether oxygens (including phenoxy) is 1. The van der Waals surface area contributed by atoms with Crippen molar-refractivity contribution in [2.75, 3.05) is 0 Å². The molecule has 3 atom stereocenters. The molecule has 0 aromatic heterocycles. The third kappa shape index (κ3) is 2.40. The molecule has 0 bridgehead atoms. The Morgan fingerprint density at radius 3 is 2.70 bits per heavy atom. The second-order valence-electron chi connectivity index (χ2n) is 5.15. The average Bonchev–Trinajstić information content (AvgIpc) is 2.36. The van der Waals surface area contributed by atoms with E-state index in [1.54, 1.807) is 31.2 Å². The highest BCUT2D eigenvalue weighted by atomic mass is 16.6. The van der Waals surface area contributed by atoms with Crippen molar-refractivity contribution >= 4 is 11.6 Å². The number of benzene rings is 1. The molecular formula is C15H18O5. The first kappa shape index (κ1) is 14.8. The Morgan fingerprint density at radius 1 is 1.45 bits per heavy atom. The number of aliphatic hydroxyl groups excluding tert-OH is 1. The molecule has 0 aliphatic carbocycles. The van der Waals surface area contributed by atoms with Crippen LogP contribution >= 0.6 is 0 Å². The van der Waals surface area contributed by atoms with Gasteiger partial charge in [0.15, 0.2) is 5.78 Å². The van der Waals surface area contributed by atoms with Crippen LogP contribution in [0.1, 0.15) is 31.4 Å². The van der Waals surface area contributed by atoms with E-state index in [1.165, 1.54) is 6.92 Å². The van der Waals surface area contributed by atoms with E-state index in [2.05, 4.69) is 0 Å². The normalized spacial score (nSPS) is 30.3. The Kier molecular flexibility index (Phi) is 4.04. The molecule has 1 aromatic carbocycles. The minimum Gasteiger partial charge on any atom is -0.392 e. The van der Waals surface area contributed by atoms with Crippen LogP contribution in [0.3, 0.4) is 0 Å². The summed E-state index contributed by atoms with van der Waals surface area (Å²) < 4.78 is 5.55. The molecule has 2 N–H and O–H groups in total. The van der Waals surface area contributed by atoms with Gasteiger partial charge in [0, 0.05) is 12.0 Å². The standard InChI is InChI=1S/C15H18O5/c1-9-7-13(18)14(10(2)17)15(19,20-9)12-6-4-3-5-11(12)8-16/h3-6,9,14,16,19H,7-8H2,1-2H3. The van der Waals surface area contributed by atoms with E-state index in [1.807, 2.05) is 0 Å². The Bertz CT molecular complexity index is 539. The van der Waals surface area contributed by atoms with E-state index in [0.29, 0.717) is 5.56 Å². The molecule has 20 heavy (non-hydrogen) atoms. The number of carbonyl (C=O) groups is 2. The summed E-state index contributed by atoms with van der Waals surface area (Å²) in [5, 5.41) is 20.2. The molecule has 0 radical (unpaired) electrons. The first-order chi connectivity index (χ1) is 9.40. The topological polar surface area (TPSA) is 83.8 Å². The number of hydrogen-bond acceptors (Lipinski definition) is 5. The van der Waals surface area contributed by atoms with Crippen LogP contribution in [0.4, 0.5) is 0 Å². The van der Waals surface area contributed by atoms with Crippen LogP contribution < -0.4 is 0 Å². The van der Waals surface area contributed by atoms with Crippen LogP contribution in [0.5, 0.6) is 0 Å². The fourth-order valence-corrected chi connectivity index (χ4v) is 2.76. The van der Waals surface area contributed by atoms with Crippen LogP contribution in [-0.2, 0) is 26.7 Å². The predicted molar refractivity (Wildman–Crippen MR) is 70.6 cm³/mol. The average molecular weight is 278 g/mol. The summed E-state index contributed by atoms with van der Waals surface area (Å²) in [7, 11) is 0. The van der Waals surface area contributed by atoms with Crippen molar-refractivity contribution in [3.05, 3.63) is 35.4 Å². The first-order valence-electron chi connectivity index (χ1n) is 6.52. The fraction of sp³-hybridized carbons (Fsp3) is 0.467. The smallest absolute Gasteiger partial charge is 0.210 e. The number of hydrogen-bond donors (Lipinski definition) is 2. The molecule has 5 nitrogen and oxygen atoms in total. The van der Waals surface area contributed by atoms with Gasteiger partial charge in [-0.3, -0.25) is 9.59 Å². The van der Waals surface area contributed by atoms with Crippen molar-refractivity contribution in [2.45, 2.75) is 38.8 Å². The summed E-state index contributed by atoms with van der Waals surface area (Å²) in [4.78, 5) is 23.9. The minimum absolute atomic E-state index is 0.0911. The monoisotopic (exact) mass is 278 g/mol. The highest BCUT2D eigenvalue weighted by Crippen LogP contribution is 2.40. The zero-order valence-electron chi connectivity index (χ0n) is 11.5. The second kappa shape index (κ2) is 5.44. The molecule has 0 saturated carbocycles. The van der Waals surface area contributed by atoms with E-state index in [4.69, 9.17) is 4.74 Å². The van der Waals surface area contributed by atoms with E-state index in [0.717, 1.165) is 0 Å². The minimum atomic E-state index is -2.01. The summed E-state index contributed by atoms with van der Waals surface area (Å²) in [6.07, 6.45) is -0.400. The van der Waals surface area contributed by atoms with Gasteiger partial charge in [0.25, 0.3) is 0 Å². The van der Waals surface area contributed by atoms with Gasteiger partial charge in [-0.25, -0.2) is 0 Å². The van der Waals surface area contributed by atoms with Gasteiger partial charge in [-0.2, -0.15) is 0 Å². The highest BCUT2D eigenvalue weighted by molar-refractivity contribution is 6.03. The van der Waals surface area contributed by atoms with Gasteiger partial charge in [0.05, 0.1) is 12.7 Å². The van der Waals surface area contributed by atoms with E-state index in [-0.39, 0.29) is 24.4 Å². The maximum Gasteiger partial charge on any atom is 0.210 e. The summed E-state index contributed by atoms with van der Waals surface area (Å²) in [6.45, 7) is 2.62. The van der Waals surface area contributed by atoms with Crippen LogP contribution in [0.25, 0.3) is 0 Å². The molecule has 5 heteroatoms. The summed E-state index contributed by atoms with van der Waals surface area (Å²) in [6, 6.07) is 6.55. The Labute approximate surface area is 117 Å². The van der Waals surface area contributed by atoms with Gasteiger partial charge in [0.2, 0.25) is 5.79 Å². The highest BCUT2D eigenvalue weighted by Gasteiger charge is 2.52.